The predicted octanol–water partition coefficient (Wildman–Crippen LogP) is 10.3. The molecule has 9 heteroatoms. The second-order valence-electron chi connectivity index (χ2n) is 15.0. The third-order valence-corrected chi connectivity index (χ3v) is 10.9. The molecule has 8 rings (SSSR count). The first-order valence-electron chi connectivity index (χ1n) is 21.5. The molecule has 0 heterocycles. The summed E-state index contributed by atoms with van der Waals surface area (Å²) in [5, 5.41) is 13.3. The molecule has 6 aromatic rings. The van der Waals surface area contributed by atoms with Crippen LogP contribution >= 0.6 is 0 Å². The zero-order valence-corrected chi connectivity index (χ0v) is 35.7. The minimum Gasteiger partial charge on any atom is -0.494 e. The molecule has 3 N–H and O–H groups in total. The number of carbonyl (C=O) groups excluding carboxylic acids is 2. The van der Waals surface area contributed by atoms with Crippen LogP contribution in [0.5, 0.6) is 11.5 Å². The van der Waals surface area contributed by atoms with Crippen LogP contribution in [0.3, 0.4) is 0 Å². The number of rotatable bonds is 16. The van der Waals surface area contributed by atoms with Gasteiger partial charge < -0.3 is 29.9 Å². The smallest absolute Gasteiger partial charge is 0.341 e. The number of hydrogen-bond donors (Lipinski definition) is 2. The normalized spacial score (nSPS) is 14.4. The third-order valence-electron chi connectivity index (χ3n) is 10.9. The van der Waals surface area contributed by atoms with Gasteiger partial charge in [-0.1, -0.05) is 133 Å². The molecule has 1 unspecified atom stereocenters. The number of hydrogen-bond acceptors (Lipinski definition) is 9. The Labute approximate surface area is 369 Å². The molecule has 9 nitrogen and oxygen atoms in total. The number of nitrogens with zero attached hydrogens (tertiary/aromatic N) is 1. The van der Waals surface area contributed by atoms with Gasteiger partial charge in [-0.25, -0.2) is 9.59 Å². The number of ether oxygens (including phenoxy) is 4. The maximum absolute atomic E-state index is 12.8. The Kier molecular flexibility index (Phi) is 15.0. The second kappa shape index (κ2) is 21.5. The highest BCUT2D eigenvalue weighted by Gasteiger charge is 2.36. The molecule has 320 valence electrons. The minimum absolute atomic E-state index is 0.201. The van der Waals surface area contributed by atoms with Gasteiger partial charge in [-0.05, 0) is 109 Å². The van der Waals surface area contributed by atoms with Crippen molar-refractivity contribution in [3.63, 3.8) is 0 Å². The summed E-state index contributed by atoms with van der Waals surface area (Å²) >= 11 is 0. The van der Waals surface area contributed by atoms with Crippen LogP contribution in [-0.2, 0) is 31.9 Å². The zero-order valence-electron chi connectivity index (χ0n) is 35.7. The number of oxime groups is 1. The SMILES string of the molecule is CCOC(=O)C1=C(c2ccccc2)c2ccc(OCCCc3ccccc3)cc2C1=NO.CCOC(=O)C1=C(c2ccccc2)c2ccc(OCCCc3ccccc3)cc2C1N. The largest absolute Gasteiger partial charge is 0.494 e. The quantitative estimate of drug-likeness (QED) is 0.0427. The fourth-order valence-corrected chi connectivity index (χ4v) is 7.97. The molecule has 2 aliphatic rings. The van der Waals surface area contributed by atoms with Gasteiger partial charge in [0.25, 0.3) is 0 Å². The molecule has 2 aliphatic carbocycles. The Morgan fingerprint density at radius 3 is 1.57 bits per heavy atom. The van der Waals surface area contributed by atoms with Crippen molar-refractivity contribution in [2.24, 2.45) is 10.9 Å². The van der Waals surface area contributed by atoms with Crippen molar-refractivity contribution in [3.05, 3.63) is 213 Å². The van der Waals surface area contributed by atoms with E-state index in [1.165, 1.54) is 11.1 Å². The van der Waals surface area contributed by atoms with Gasteiger partial charge in [0.2, 0.25) is 0 Å². The van der Waals surface area contributed by atoms with Gasteiger partial charge in [0.05, 0.1) is 43.6 Å². The molecule has 0 fully saturated rings. The Balaban J connectivity index is 0.000000189. The van der Waals surface area contributed by atoms with Crippen LogP contribution < -0.4 is 15.2 Å². The molecule has 0 saturated heterocycles. The summed E-state index contributed by atoms with van der Waals surface area (Å²) in [6.45, 7) is 5.27. The standard InChI is InChI=1S/C27H25NO4.C27H27NO3/c1-2-31-27(29)25-24(20-13-7-4-8-14-20)22-16-15-21(18-23(22)26(25)28-30)32-17-9-12-19-10-5-3-6-11-19;1-2-30-27(29)25-24(20-13-7-4-8-14-20)22-16-15-21(18-23(22)26(25)28)31-17-9-12-19-10-5-3-6-11-19/h3-8,10-11,13-16,18,30H,2,9,12,17H2,1H3;3-8,10-11,13-16,18,26H,2,9,12,17,28H2,1H3. The number of esters is 2. The first-order chi connectivity index (χ1) is 30.9. The predicted molar refractivity (Wildman–Crippen MR) is 247 cm³/mol. The van der Waals surface area contributed by atoms with Gasteiger partial charge in [0.1, 0.15) is 17.2 Å². The summed E-state index contributed by atoms with van der Waals surface area (Å²) in [5.74, 6) is 0.548. The van der Waals surface area contributed by atoms with Crippen LogP contribution in [0.25, 0.3) is 11.1 Å². The summed E-state index contributed by atoms with van der Waals surface area (Å²) in [7, 11) is 0. The van der Waals surface area contributed by atoms with Crippen molar-refractivity contribution >= 4 is 28.8 Å². The van der Waals surface area contributed by atoms with Crippen LogP contribution in [0.4, 0.5) is 0 Å². The maximum atomic E-state index is 12.8. The lowest BCUT2D eigenvalue weighted by Crippen LogP contribution is -2.19. The van der Waals surface area contributed by atoms with Crippen molar-refractivity contribution in [2.45, 2.75) is 45.6 Å². The van der Waals surface area contributed by atoms with Gasteiger partial charge in [-0.3, -0.25) is 0 Å². The first-order valence-corrected chi connectivity index (χ1v) is 21.5. The van der Waals surface area contributed by atoms with E-state index in [1.54, 1.807) is 13.8 Å². The van der Waals surface area contributed by atoms with Crippen molar-refractivity contribution in [3.8, 4) is 11.5 Å². The topological polar surface area (TPSA) is 130 Å². The maximum Gasteiger partial charge on any atom is 0.341 e. The highest BCUT2D eigenvalue weighted by Crippen LogP contribution is 2.45. The van der Waals surface area contributed by atoms with Gasteiger partial charge in [-0.2, -0.15) is 0 Å². The van der Waals surface area contributed by atoms with E-state index in [9.17, 15) is 14.8 Å². The Morgan fingerprint density at radius 1 is 0.571 bits per heavy atom. The molecule has 0 aromatic heterocycles. The van der Waals surface area contributed by atoms with Crippen molar-refractivity contribution in [1.29, 1.82) is 0 Å². The van der Waals surface area contributed by atoms with E-state index < -0.39 is 12.0 Å². The van der Waals surface area contributed by atoms with E-state index >= 15 is 0 Å². The van der Waals surface area contributed by atoms with Gasteiger partial charge >= 0.3 is 11.9 Å². The molecule has 0 spiro atoms. The molecular formula is C54H52N2O7. The number of carbonyl (C=O) groups is 2. The first kappa shape index (κ1) is 43.8. The van der Waals surface area contributed by atoms with E-state index in [-0.39, 0.29) is 23.9 Å². The molecule has 0 bridgehead atoms. The van der Waals surface area contributed by atoms with Crippen molar-refractivity contribution in [2.75, 3.05) is 26.4 Å². The lowest BCUT2D eigenvalue weighted by molar-refractivity contribution is -0.139. The molecule has 6 aromatic carbocycles. The number of fused-ring (bicyclic) bond motifs is 2. The summed E-state index contributed by atoms with van der Waals surface area (Å²) < 4.78 is 22.5. The second-order valence-corrected chi connectivity index (χ2v) is 15.0. The lowest BCUT2D eigenvalue weighted by atomic mass is 9.97. The minimum atomic E-state index is -0.544. The molecule has 0 aliphatic heterocycles. The van der Waals surface area contributed by atoms with Crippen molar-refractivity contribution < 1.29 is 33.7 Å². The molecule has 0 amide bonds. The number of nitrogens with two attached hydrogens (primary N) is 1. The van der Waals surface area contributed by atoms with Crippen LogP contribution in [0.15, 0.2) is 174 Å². The lowest BCUT2D eigenvalue weighted by Gasteiger charge is -2.12. The molecule has 1 atom stereocenters. The molecule has 63 heavy (non-hydrogen) atoms. The average molecular weight is 841 g/mol. The Morgan fingerprint density at radius 2 is 1.05 bits per heavy atom. The highest BCUT2D eigenvalue weighted by atomic mass is 16.5. The average Bonchev–Trinajstić information content (AvgIpc) is 3.82. The fourth-order valence-electron chi connectivity index (χ4n) is 7.97. The Hall–Kier alpha value is -7.23. The third kappa shape index (κ3) is 10.5. The monoisotopic (exact) mass is 840 g/mol. The van der Waals surface area contributed by atoms with Crippen LogP contribution in [0.2, 0.25) is 0 Å². The van der Waals surface area contributed by atoms with E-state index in [1.807, 2.05) is 121 Å². The van der Waals surface area contributed by atoms with Crippen molar-refractivity contribution in [1.82, 2.24) is 0 Å². The van der Waals surface area contributed by atoms with Crippen LogP contribution in [-0.4, -0.2) is 49.3 Å². The summed E-state index contributed by atoms with van der Waals surface area (Å²) in [6.07, 6.45) is 3.71. The number of benzene rings is 6. The van der Waals surface area contributed by atoms with Gasteiger partial charge in [-0.15, -0.1) is 0 Å². The van der Waals surface area contributed by atoms with E-state index in [0.717, 1.165) is 64.8 Å². The summed E-state index contributed by atoms with van der Waals surface area (Å²) in [6, 6.07) is 51.1. The Bertz CT molecular complexity index is 2590. The van der Waals surface area contributed by atoms with Crippen LogP contribution in [0, 0.1) is 0 Å². The number of aryl methyl sites for hydroxylation is 2. The van der Waals surface area contributed by atoms with Gasteiger partial charge in [0, 0.05) is 16.7 Å². The van der Waals surface area contributed by atoms with Crippen LogP contribution in [0.1, 0.15) is 77.2 Å². The molecule has 0 saturated carbocycles. The van der Waals surface area contributed by atoms with E-state index in [0.29, 0.717) is 42.3 Å². The fraction of sp³-hybridized carbons (Fsp3) is 0.204. The van der Waals surface area contributed by atoms with Gasteiger partial charge in [0.15, 0.2) is 0 Å². The van der Waals surface area contributed by atoms with E-state index in [4.69, 9.17) is 24.7 Å². The summed E-state index contributed by atoms with van der Waals surface area (Å²) in [4.78, 5) is 25.5. The zero-order chi connectivity index (χ0) is 44.0. The highest BCUT2D eigenvalue weighted by molar-refractivity contribution is 6.37. The van der Waals surface area contributed by atoms with E-state index in [2.05, 4.69) is 41.6 Å². The molecule has 0 radical (unpaired) electrons. The summed E-state index contributed by atoms with van der Waals surface area (Å²) in [5.41, 5.74) is 16.7. The molecular weight excluding hydrogens is 789 g/mol.